The Hall–Kier alpha value is -3.40. The van der Waals surface area contributed by atoms with Crippen LogP contribution in [0.4, 0.5) is 0 Å². The highest BCUT2D eigenvalue weighted by Crippen LogP contribution is 2.39. The zero-order valence-electron chi connectivity index (χ0n) is 18.8. The van der Waals surface area contributed by atoms with Gasteiger partial charge in [-0.05, 0) is 37.3 Å². The number of rotatable bonds is 8. The summed E-state index contributed by atoms with van der Waals surface area (Å²) in [5.41, 5.74) is 0.848. The fourth-order valence-electron chi connectivity index (χ4n) is 3.09. The lowest BCUT2D eigenvalue weighted by Crippen LogP contribution is -2.23. The molecule has 1 aromatic heterocycles. The lowest BCUT2D eigenvalue weighted by atomic mass is 10.2. The van der Waals surface area contributed by atoms with E-state index in [1.807, 2.05) is 19.9 Å². The Morgan fingerprint density at radius 1 is 1.15 bits per heavy atom. The molecule has 1 atom stereocenters. The minimum atomic E-state index is -1.12. The summed E-state index contributed by atoms with van der Waals surface area (Å²) in [7, 11) is 2.86. The van der Waals surface area contributed by atoms with Gasteiger partial charge in [-0.2, -0.15) is 9.78 Å². The summed E-state index contributed by atoms with van der Waals surface area (Å²) in [5.74, 6) is 0.0207. The molecule has 0 radical (unpaired) electrons. The number of benzene rings is 2. The molecule has 0 amide bonds. The van der Waals surface area contributed by atoms with E-state index in [0.29, 0.717) is 22.3 Å². The maximum atomic E-state index is 13.2. The first kappa shape index (κ1) is 24.2. The van der Waals surface area contributed by atoms with Crippen molar-refractivity contribution in [3.63, 3.8) is 0 Å². The minimum Gasteiger partial charge on any atom is -0.493 e. The molecule has 0 spiro atoms. The Bertz CT molecular complexity index is 1260. The molecule has 0 saturated heterocycles. The molecular weight excluding hydrogens is 494 g/mol. The second-order valence-corrected chi connectivity index (χ2v) is 8.42. The summed E-state index contributed by atoms with van der Waals surface area (Å²) >= 11 is 3.39. The van der Waals surface area contributed by atoms with Gasteiger partial charge in [-0.3, -0.25) is 4.79 Å². The predicted octanol–water partition coefficient (Wildman–Crippen LogP) is 4.03. The van der Waals surface area contributed by atoms with Crippen molar-refractivity contribution in [1.29, 1.82) is 0 Å². The minimum absolute atomic E-state index is 0.0553. The zero-order valence-corrected chi connectivity index (χ0v) is 20.4. The Labute approximate surface area is 198 Å². The number of carboxylic acid groups (broad SMARTS) is 1. The molecule has 3 aromatic rings. The van der Waals surface area contributed by atoms with Crippen LogP contribution >= 0.6 is 15.9 Å². The summed E-state index contributed by atoms with van der Waals surface area (Å²) in [6.45, 7) is 5.27. The fraction of sp³-hybridized carbons (Fsp3) is 0.304. The molecule has 0 aliphatic heterocycles. The van der Waals surface area contributed by atoms with Crippen LogP contribution in [0.3, 0.4) is 0 Å². The van der Waals surface area contributed by atoms with Crippen molar-refractivity contribution in [1.82, 2.24) is 9.66 Å². The first-order chi connectivity index (χ1) is 15.7. The van der Waals surface area contributed by atoms with Crippen molar-refractivity contribution >= 4 is 39.0 Å². The first-order valence-electron chi connectivity index (χ1n) is 10.1. The molecule has 0 bridgehead atoms. The zero-order chi connectivity index (χ0) is 24.3. The summed E-state index contributed by atoms with van der Waals surface area (Å²) in [5, 5.41) is 14.0. The number of carboxylic acids is 1. The highest BCUT2D eigenvalue weighted by atomic mass is 79.9. The molecule has 0 aliphatic rings. The molecule has 1 heterocycles. The topological polar surface area (TPSA) is 112 Å². The number of hydrogen-bond acceptors (Lipinski definition) is 7. The highest BCUT2D eigenvalue weighted by Gasteiger charge is 2.20. The molecule has 1 N–H and O–H groups in total. The van der Waals surface area contributed by atoms with E-state index >= 15 is 0 Å². The molecule has 9 nitrogen and oxygen atoms in total. The van der Waals surface area contributed by atoms with Gasteiger partial charge in [0.05, 0.1) is 31.3 Å². The van der Waals surface area contributed by atoms with Gasteiger partial charge in [0.1, 0.15) is 5.82 Å². The van der Waals surface area contributed by atoms with Crippen molar-refractivity contribution in [2.45, 2.75) is 32.8 Å². The molecule has 2 aromatic carbocycles. The van der Waals surface area contributed by atoms with Crippen LogP contribution in [0.1, 0.15) is 38.1 Å². The number of hydrogen-bond donors (Lipinski definition) is 1. The third kappa shape index (κ3) is 5.16. The maximum Gasteiger partial charge on any atom is 0.344 e. The van der Waals surface area contributed by atoms with Gasteiger partial charge in [0.2, 0.25) is 5.75 Å². The summed E-state index contributed by atoms with van der Waals surface area (Å²) in [4.78, 5) is 29.0. The van der Waals surface area contributed by atoms with E-state index in [1.165, 1.54) is 32.0 Å². The van der Waals surface area contributed by atoms with Crippen molar-refractivity contribution in [3.05, 3.63) is 56.5 Å². The van der Waals surface area contributed by atoms with E-state index in [1.54, 1.807) is 24.3 Å². The van der Waals surface area contributed by atoms with Crippen LogP contribution in [0.2, 0.25) is 0 Å². The Morgan fingerprint density at radius 3 is 2.33 bits per heavy atom. The van der Waals surface area contributed by atoms with Crippen LogP contribution in [0.15, 0.2) is 44.7 Å². The van der Waals surface area contributed by atoms with E-state index in [9.17, 15) is 9.59 Å². The van der Waals surface area contributed by atoms with E-state index in [4.69, 9.17) is 19.3 Å². The molecule has 0 aliphatic carbocycles. The smallest absolute Gasteiger partial charge is 0.344 e. The second kappa shape index (κ2) is 10.0. The van der Waals surface area contributed by atoms with Crippen LogP contribution in [0.25, 0.3) is 10.9 Å². The number of ether oxygens (including phenoxy) is 3. The fourth-order valence-corrected chi connectivity index (χ4v) is 3.45. The van der Waals surface area contributed by atoms with Gasteiger partial charge in [0.15, 0.2) is 17.6 Å². The molecule has 3 rings (SSSR count). The summed E-state index contributed by atoms with van der Waals surface area (Å²) in [6, 6.07) is 8.55. The molecule has 0 unspecified atom stereocenters. The van der Waals surface area contributed by atoms with Gasteiger partial charge in [-0.1, -0.05) is 29.8 Å². The van der Waals surface area contributed by atoms with E-state index in [-0.39, 0.29) is 28.7 Å². The summed E-state index contributed by atoms with van der Waals surface area (Å²) in [6.07, 6.45) is 0.372. The normalized spacial score (nSPS) is 12.3. The molecule has 33 heavy (non-hydrogen) atoms. The number of methoxy groups -OCH3 is 2. The third-order valence-electron chi connectivity index (χ3n) is 4.80. The summed E-state index contributed by atoms with van der Waals surface area (Å²) < 4.78 is 18.3. The number of aliphatic carboxylic acids is 1. The van der Waals surface area contributed by atoms with Crippen LogP contribution < -0.4 is 19.8 Å². The van der Waals surface area contributed by atoms with Gasteiger partial charge in [-0.15, -0.1) is 0 Å². The van der Waals surface area contributed by atoms with Gasteiger partial charge in [0.25, 0.3) is 5.56 Å². The average Bonchev–Trinajstić information content (AvgIpc) is 2.78. The molecule has 0 fully saturated rings. The Morgan fingerprint density at radius 2 is 1.79 bits per heavy atom. The van der Waals surface area contributed by atoms with Gasteiger partial charge in [-0.25, -0.2) is 9.78 Å². The predicted molar refractivity (Wildman–Crippen MR) is 128 cm³/mol. The quantitative estimate of drug-likeness (QED) is 0.448. The lowest BCUT2D eigenvalue weighted by Gasteiger charge is -2.17. The van der Waals surface area contributed by atoms with E-state index < -0.39 is 12.1 Å². The Kier molecular flexibility index (Phi) is 7.37. The van der Waals surface area contributed by atoms with E-state index in [0.717, 1.165) is 4.47 Å². The molecule has 10 heteroatoms. The van der Waals surface area contributed by atoms with Gasteiger partial charge < -0.3 is 19.3 Å². The second-order valence-electron chi connectivity index (χ2n) is 7.50. The largest absolute Gasteiger partial charge is 0.493 e. The van der Waals surface area contributed by atoms with E-state index in [2.05, 4.69) is 26.0 Å². The van der Waals surface area contributed by atoms with Gasteiger partial charge in [0, 0.05) is 16.0 Å². The number of carbonyl (C=O) groups is 1. The van der Waals surface area contributed by atoms with Crippen LogP contribution in [-0.4, -0.2) is 47.3 Å². The molecular formula is C23H24BrN3O6. The Balaban J connectivity index is 2.11. The van der Waals surface area contributed by atoms with Gasteiger partial charge >= 0.3 is 5.97 Å². The monoisotopic (exact) mass is 517 g/mol. The standard InChI is InChI=1S/C23H24BrN3O6/c1-12(2)21-26-17-7-6-15(24)10-16(17)22(28)27(21)25-11-14-8-18(31-4)20(19(9-14)32-5)33-13(3)23(29)30/h6-13H,1-5H3,(H,29,30)/t13-/m1/s1. The number of aromatic nitrogens is 2. The van der Waals surface area contributed by atoms with Crippen LogP contribution in [-0.2, 0) is 4.79 Å². The van der Waals surface area contributed by atoms with Crippen molar-refractivity contribution in [3.8, 4) is 17.2 Å². The average molecular weight is 518 g/mol. The van der Waals surface area contributed by atoms with Crippen molar-refractivity contribution in [2.75, 3.05) is 14.2 Å². The van der Waals surface area contributed by atoms with Crippen LogP contribution in [0, 0.1) is 0 Å². The third-order valence-corrected chi connectivity index (χ3v) is 5.29. The highest BCUT2D eigenvalue weighted by molar-refractivity contribution is 9.10. The number of nitrogens with zero attached hydrogens (tertiary/aromatic N) is 3. The van der Waals surface area contributed by atoms with Crippen molar-refractivity contribution < 1.29 is 24.1 Å². The number of halogens is 1. The van der Waals surface area contributed by atoms with Crippen LogP contribution in [0.5, 0.6) is 17.2 Å². The molecule has 0 saturated carbocycles. The SMILES string of the molecule is COc1cc(C=Nn2c(C(C)C)nc3ccc(Br)cc3c2=O)cc(OC)c1O[C@H](C)C(=O)O. The van der Waals surface area contributed by atoms with Crippen molar-refractivity contribution in [2.24, 2.45) is 5.10 Å². The lowest BCUT2D eigenvalue weighted by molar-refractivity contribution is -0.144. The number of fused-ring (bicyclic) bond motifs is 1. The molecule has 174 valence electrons. The first-order valence-corrected chi connectivity index (χ1v) is 10.9. The maximum absolute atomic E-state index is 13.2.